The fourth-order valence-electron chi connectivity index (χ4n) is 2.86. The van der Waals surface area contributed by atoms with E-state index in [-0.39, 0.29) is 23.8 Å². The van der Waals surface area contributed by atoms with E-state index in [2.05, 4.69) is 26.0 Å². The SMILES string of the molecule is COc1ccccc1CNC(=O)C[C@@H](NS(=O)(=O)c1ccc(Br)cc1)c1ccco1. The van der Waals surface area contributed by atoms with E-state index in [0.717, 1.165) is 10.0 Å². The summed E-state index contributed by atoms with van der Waals surface area (Å²) < 4.78 is 39.5. The van der Waals surface area contributed by atoms with E-state index >= 15 is 0 Å². The highest BCUT2D eigenvalue weighted by molar-refractivity contribution is 9.10. The lowest BCUT2D eigenvalue weighted by Gasteiger charge is -2.17. The van der Waals surface area contributed by atoms with E-state index in [4.69, 9.17) is 9.15 Å². The standard InChI is InChI=1S/C21H21BrN2O5S/c1-28-19-6-3-2-5-15(19)14-23-21(25)13-18(20-7-4-12-29-20)24-30(26,27)17-10-8-16(22)9-11-17/h2-12,18,24H,13-14H2,1H3,(H,23,25)/t18-/m1/s1. The molecule has 0 spiro atoms. The minimum Gasteiger partial charge on any atom is -0.496 e. The molecular formula is C21H21BrN2O5S. The van der Waals surface area contributed by atoms with Crippen molar-refractivity contribution in [3.63, 3.8) is 0 Å². The van der Waals surface area contributed by atoms with Crippen molar-refractivity contribution in [2.24, 2.45) is 0 Å². The lowest BCUT2D eigenvalue weighted by molar-refractivity contribution is -0.121. The average molecular weight is 493 g/mol. The van der Waals surface area contributed by atoms with Crippen molar-refractivity contribution in [3.8, 4) is 5.75 Å². The Morgan fingerprint density at radius 1 is 1.10 bits per heavy atom. The minimum atomic E-state index is -3.86. The number of nitrogens with one attached hydrogen (secondary N) is 2. The Hall–Kier alpha value is -2.62. The molecule has 30 heavy (non-hydrogen) atoms. The smallest absolute Gasteiger partial charge is 0.241 e. The van der Waals surface area contributed by atoms with Gasteiger partial charge in [-0.2, -0.15) is 4.72 Å². The van der Waals surface area contributed by atoms with Crippen LogP contribution in [0.2, 0.25) is 0 Å². The third-order valence-corrected chi connectivity index (χ3v) is 6.38. The summed E-state index contributed by atoms with van der Waals surface area (Å²) in [7, 11) is -2.30. The van der Waals surface area contributed by atoms with Crippen LogP contribution in [0.25, 0.3) is 0 Å². The highest BCUT2D eigenvalue weighted by Gasteiger charge is 2.25. The number of sulfonamides is 1. The van der Waals surface area contributed by atoms with E-state index in [1.807, 2.05) is 18.2 Å². The van der Waals surface area contributed by atoms with Crippen LogP contribution < -0.4 is 14.8 Å². The molecule has 0 unspecified atom stereocenters. The van der Waals surface area contributed by atoms with Gasteiger partial charge in [0.2, 0.25) is 15.9 Å². The number of methoxy groups -OCH3 is 1. The van der Waals surface area contributed by atoms with Crippen molar-refractivity contribution in [2.45, 2.75) is 23.9 Å². The monoisotopic (exact) mass is 492 g/mol. The highest BCUT2D eigenvalue weighted by Crippen LogP contribution is 2.22. The predicted octanol–water partition coefficient (Wildman–Crippen LogP) is 3.78. The average Bonchev–Trinajstić information content (AvgIpc) is 3.27. The summed E-state index contributed by atoms with van der Waals surface area (Å²) in [6, 6.07) is 16.0. The minimum absolute atomic E-state index is 0.0942. The fourth-order valence-corrected chi connectivity index (χ4v) is 4.33. The molecule has 9 heteroatoms. The zero-order valence-corrected chi connectivity index (χ0v) is 18.6. The summed E-state index contributed by atoms with van der Waals surface area (Å²) >= 11 is 3.28. The number of halogens is 1. The molecule has 2 N–H and O–H groups in total. The molecule has 0 fully saturated rings. The molecule has 1 amide bonds. The van der Waals surface area contributed by atoms with Gasteiger partial charge in [0.15, 0.2) is 0 Å². The zero-order chi connectivity index (χ0) is 21.6. The Morgan fingerprint density at radius 3 is 2.50 bits per heavy atom. The maximum Gasteiger partial charge on any atom is 0.241 e. The molecule has 0 aliphatic rings. The Kier molecular flexibility index (Phi) is 7.30. The van der Waals surface area contributed by atoms with Crippen molar-refractivity contribution < 1.29 is 22.4 Å². The first-order valence-corrected chi connectivity index (χ1v) is 11.4. The molecule has 1 heterocycles. The second-order valence-corrected chi connectivity index (χ2v) is 9.07. The van der Waals surface area contributed by atoms with E-state index in [9.17, 15) is 13.2 Å². The molecule has 0 radical (unpaired) electrons. The quantitative estimate of drug-likeness (QED) is 0.473. The van der Waals surface area contributed by atoms with Gasteiger partial charge in [-0.15, -0.1) is 0 Å². The van der Waals surface area contributed by atoms with Crippen LogP contribution in [0.3, 0.4) is 0 Å². The molecule has 1 aromatic heterocycles. The molecule has 0 saturated heterocycles. The summed E-state index contributed by atoms with van der Waals surface area (Å²) in [5.41, 5.74) is 0.818. The Morgan fingerprint density at radius 2 is 1.83 bits per heavy atom. The number of hydrogen-bond donors (Lipinski definition) is 2. The first kappa shape index (κ1) is 22.1. The van der Waals surface area contributed by atoms with Crippen LogP contribution in [0.5, 0.6) is 5.75 Å². The molecule has 7 nitrogen and oxygen atoms in total. The van der Waals surface area contributed by atoms with E-state index in [1.54, 1.807) is 37.4 Å². The number of carbonyl (C=O) groups excluding carboxylic acids is 1. The summed E-state index contributed by atoms with van der Waals surface area (Å²) in [6.07, 6.45) is 1.31. The van der Waals surface area contributed by atoms with Crippen molar-refractivity contribution >= 4 is 31.9 Å². The number of ether oxygens (including phenoxy) is 1. The van der Waals surface area contributed by atoms with Gasteiger partial charge >= 0.3 is 0 Å². The van der Waals surface area contributed by atoms with Gasteiger partial charge < -0.3 is 14.5 Å². The number of rotatable bonds is 9. The molecule has 1 atom stereocenters. The summed E-state index contributed by atoms with van der Waals surface area (Å²) in [5, 5.41) is 2.80. The Labute approximate surface area is 183 Å². The van der Waals surface area contributed by atoms with Crippen molar-refractivity contribution in [1.29, 1.82) is 0 Å². The van der Waals surface area contributed by atoms with Crippen LogP contribution >= 0.6 is 15.9 Å². The van der Waals surface area contributed by atoms with Crippen LogP contribution in [-0.4, -0.2) is 21.4 Å². The van der Waals surface area contributed by atoms with Gasteiger partial charge in [-0.1, -0.05) is 34.1 Å². The molecule has 3 rings (SSSR count). The van der Waals surface area contributed by atoms with Gasteiger partial charge in [0.25, 0.3) is 0 Å². The lowest BCUT2D eigenvalue weighted by atomic mass is 10.1. The van der Waals surface area contributed by atoms with Gasteiger partial charge in [0.05, 0.1) is 30.7 Å². The number of hydrogen-bond acceptors (Lipinski definition) is 5. The molecule has 0 aliphatic carbocycles. The van der Waals surface area contributed by atoms with E-state index in [1.165, 1.54) is 18.4 Å². The van der Waals surface area contributed by atoms with Crippen LogP contribution in [-0.2, 0) is 21.4 Å². The van der Waals surface area contributed by atoms with Gasteiger partial charge in [0, 0.05) is 16.6 Å². The van der Waals surface area contributed by atoms with Crippen LogP contribution in [0.15, 0.2) is 80.7 Å². The second kappa shape index (κ2) is 9.92. The second-order valence-electron chi connectivity index (χ2n) is 6.44. The summed E-state index contributed by atoms with van der Waals surface area (Å²) in [6.45, 7) is 0.257. The van der Waals surface area contributed by atoms with Gasteiger partial charge in [-0.25, -0.2) is 8.42 Å². The van der Waals surface area contributed by atoms with E-state index < -0.39 is 16.1 Å². The predicted molar refractivity (Wildman–Crippen MR) is 115 cm³/mol. The zero-order valence-electron chi connectivity index (χ0n) is 16.2. The third kappa shape index (κ3) is 5.71. The molecule has 158 valence electrons. The fraction of sp³-hybridized carbons (Fsp3) is 0.190. The number of amides is 1. The number of para-hydroxylation sites is 1. The Bertz CT molecular complexity index is 1080. The molecule has 0 aliphatic heterocycles. The lowest BCUT2D eigenvalue weighted by Crippen LogP contribution is -2.33. The maximum atomic E-state index is 12.8. The van der Waals surface area contributed by atoms with Crippen molar-refractivity contribution in [2.75, 3.05) is 7.11 Å². The third-order valence-electron chi connectivity index (χ3n) is 4.37. The van der Waals surface area contributed by atoms with Gasteiger partial charge in [-0.3, -0.25) is 4.79 Å². The Balaban J connectivity index is 1.71. The molecule has 2 aromatic carbocycles. The van der Waals surface area contributed by atoms with Crippen LogP contribution in [0.1, 0.15) is 23.8 Å². The molecular weight excluding hydrogens is 472 g/mol. The first-order valence-electron chi connectivity index (χ1n) is 9.09. The number of furan rings is 1. The van der Waals surface area contributed by atoms with Crippen molar-refractivity contribution in [1.82, 2.24) is 10.0 Å². The largest absolute Gasteiger partial charge is 0.496 e. The summed E-state index contributed by atoms with van der Waals surface area (Å²) in [5.74, 6) is 0.681. The molecule has 0 saturated carbocycles. The normalized spacial score (nSPS) is 12.3. The summed E-state index contributed by atoms with van der Waals surface area (Å²) in [4.78, 5) is 12.6. The molecule has 3 aromatic rings. The topological polar surface area (TPSA) is 97.6 Å². The van der Waals surface area contributed by atoms with Crippen molar-refractivity contribution in [3.05, 3.63) is 82.7 Å². The van der Waals surface area contributed by atoms with E-state index in [0.29, 0.717) is 11.5 Å². The highest BCUT2D eigenvalue weighted by atomic mass is 79.9. The van der Waals surface area contributed by atoms with Crippen LogP contribution in [0, 0.1) is 0 Å². The van der Waals surface area contributed by atoms with Crippen LogP contribution in [0.4, 0.5) is 0 Å². The number of carbonyl (C=O) groups is 1. The first-order chi connectivity index (χ1) is 14.4. The van der Waals surface area contributed by atoms with Gasteiger partial charge in [0.1, 0.15) is 11.5 Å². The maximum absolute atomic E-state index is 12.8. The van der Waals surface area contributed by atoms with Gasteiger partial charge in [-0.05, 0) is 42.5 Å². The molecule has 0 bridgehead atoms. The number of benzene rings is 2.